The highest BCUT2D eigenvalue weighted by atomic mass is 32.2. The Balaban J connectivity index is 2.27. The zero-order chi connectivity index (χ0) is 21.2. The number of methoxy groups -OCH3 is 2. The van der Waals surface area contributed by atoms with Crippen molar-refractivity contribution in [3.8, 4) is 11.5 Å². The lowest BCUT2D eigenvalue weighted by atomic mass is 10.1. The summed E-state index contributed by atoms with van der Waals surface area (Å²) in [5.74, 6) is -1.12. The summed E-state index contributed by atoms with van der Waals surface area (Å²) in [5, 5.41) is 0. The molecule has 0 bridgehead atoms. The van der Waals surface area contributed by atoms with Crippen molar-refractivity contribution in [1.29, 1.82) is 0 Å². The molecule has 0 spiro atoms. The summed E-state index contributed by atoms with van der Waals surface area (Å²) >= 11 is 0. The van der Waals surface area contributed by atoms with Gasteiger partial charge in [0.15, 0.2) is 11.5 Å². The summed E-state index contributed by atoms with van der Waals surface area (Å²) in [4.78, 5) is 25.7. The van der Waals surface area contributed by atoms with E-state index in [4.69, 9.17) is 23.7 Å². The molecule has 0 saturated heterocycles. The molecule has 0 unspecified atom stereocenters. The maximum absolute atomic E-state index is 12.7. The van der Waals surface area contributed by atoms with Gasteiger partial charge in [0.1, 0.15) is 30.5 Å². The highest BCUT2D eigenvalue weighted by Gasteiger charge is 2.36. The van der Waals surface area contributed by atoms with E-state index in [-0.39, 0.29) is 59.9 Å². The van der Waals surface area contributed by atoms with E-state index in [0.717, 1.165) is 14.2 Å². The van der Waals surface area contributed by atoms with E-state index in [2.05, 4.69) is 4.72 Å². The monoisotopic (exact) mass is 428 g/mol. The Labute approximate surface area is 167 Å². The molecule has 0 aliphatic carbocycles. The van der Waals surface area contributed by atoms with Gasteiger partial charge in [0.2, 0.25) is 10.0 Å². The van der Waals surface area contributed by atoms with E-state index in [1.807, 2.05) is 0 Å². The molecule has 12 heteroatoms. The van der Waals surface area contributed by atoms with E-state index < -0.39 is 22.0 Å². The van der Waals surface area contributed by atoms with Crippen LogP contribution >= 0.6 is 0 Å². The van der Waals surface area contributed by atoms with Crippen LogP contribution in [0.5, 0.6) is 11.5 Å². The molecule has 0 saturated carbocycles. The summed E-state index contributed by atoms with van der Waals surface area (Å²) < 4.78 is 53.5. The Kier molecular flexibility index (Phi) is 5.96. The number of hydrogen-bond acceptors (Lipinski definition) is 10. The molecule has 1 aromatic carbocycles. The van der Waals surface area contributed by atoms with E-state index in [0.29, 0.717) is 0 Å². The van der Waals surface area contributed by atoms with Crippen LogP contribution in [0.4, 0.5) is 5.69 Å². The SMILES string of the molecule is CNS(=O)(=O)c1cc2c(cc1N1COCC(C(=O)OC)=C1C(=O)OC)OCCO2. The second-order valence-corrected chi connectivity index (χ2v) is 7.74. The summed E-state index contributed by atoms with van der Waals surface area (Å²) in [5.41, 5.74) is -0.242. The molecular weight excluding hydrogens is 408 g/mol. The summed E-state index contributed by atoms with van der Waals surface area (Å²) in [6, 6.07) is 2.70. The van der Waals surface area contributed by atoms with Crippen LogP contribution in [0.2, 0.25) is 0 Å². The Bertz CT molecular complexity index is 971. The van der Waals surface area contributed by atoms with E-state index >= 15 is 0 Å². The van der Waals surface area contributed by atoms with Crippen molar-refractivity contribution in [1.82, 2.24) is 4.72 Å². The number of anilines is 1. The van der Waals surface area contributed by atoms with Gasteiger partial charge in [-0.05, 0) is 7.05 Å². The normalized spacial score (nSPS) is 16.4. The van der Waals surface area contributed by atoms with Crippen molar-refractivity contribution in [2.24, 2.45) is 0 Å². The second-order valence-electron chi connectivity index (χ2n) is 5.89. The van der Waals surface area contributed by atoms with Crippen molar-refractivity contribution in [2.45, 2.75) is 4.90 Å². The molecule has 3 rings (SSSR count). The fraction of sp³-hybridized carbons (Fsp3) is 0.412. The molecule has 0 atom stereocenters. The van der Waals surface area contributed by atoms with Crippen molar-refractivity contribution < 1.29 is 41.7 Å². The molecule has 0 fully saturated rings. The van der Waals surface area contributed by atoms with Gasteiger partial charge >= 0.3 is 11.9 Å². The molecule has 1 N–H and O–H groups in total. The Morgan fingerprint density at radius 1 is 1.07 bits per heavy atom. The topological polar surface area (TPSA) is 130 Å². The Morgan fingerprint density at radius 3 is 2.28 bits per heavy atom. The maximum Gasteiger partial charge on any atom is 0.355 e. The third-order valence-corrected chi connectivity index (χ3v) is 5.75. The van der Waals surface area contributed by atoms with Crippen molar-refractivity contribution >= 4 is 27.6 Å². The van der Waals surface area contributed by atoms with Gasteiger partial charge in [-0.15, -0.1) is 0 Å². The first-order valence-electron chi connectivity index (χ1n) is 8.46. The van der Waals surface area contributed by atoms with Crippen LogP contribution in [0, 0.1) is 0 Å². The number of carbonyl (C=O) groups excluding carboxylic acids is 2. The first-order valence-corrected chi connectivity index (χ1v) is 9.94. The van der Waals surface area contributed by atoms with Gasteiger partial charge in [0.25, 0.3) is 0 Å². The van der Waals surface area contributed by atoms with E-state index in [9.17, 15) is 18.0 Å². The molecule has 0 radical (unpaired) electrons. The number of carbonyl (C=O) groups is 2. The fourth-order valence-electron chi connectivity index (χ4n) is 2.93. The quantitative estimate of drug-likeness (QED) is 0.627. The highest BCUT2D eigenvalue weighted by molar-refractivity contribution is 7.89. The van der Waals surface area contributed by atoms with Crippen LogP contribution < -0.4 is 19.1 Å². The number of benzene rings is 1. The number of nitrogens with zero attached hydrogens (tertiary/aromatic N) is 1. The minimum absolute atomic E-state index is 0.0464. The molecule has 2 heterocycles. The van der Waals surface area contributed by atoms with Gasteiger partial charge in [-0.2, -0.15) is 0 Å². The van der Waals surface area contributed by atoms with Gasteiger partial charge < -0.3 is 28.6 Å². The van der Waals surface area contributed by atoms with Gasteiger partial charge in [-0.25, -0.2) is 22.7 Å². The Morgan fingerprint density at radius 2 is 1.69 bits per heavy atom. The summed E-state index contributed by atoms with van der Waals surface area (Å²) in [6.07, 6.45) is 0. The third kappa shape index (κ3) is 3.86. The van der Waals surface area contributed by atoms with Crippen molar-refractivity contribution in [3.05, 3.63) is 23.4 Å². The zero-order valence-corrected chi connectivity index (χ0v) is 16.8. The molecule has 2 aliphatic heterocycles. The number of rotatable bonds is 5. The highest BCUT2D eigenvalue weighted by Crippen LogP contribution is 2.41. The number of ether oxygens (including phenoxy) is 5. The standard InChI is InChI=1S/C17H20N2O9S/c1-18-29(22,23)14-7-13-12(27-4-5-28-13)6-11(14)19-9-26-8-10(16(20)24-2)15(19)17(21)25-3/h6-7,18H,4-5,8-9H2,1-3H3. The number of sulfonamides is 1. The van der Waals surface area contributed by atoms with E-state index in [1.54, 1.807) is 0 Å². The summed E-state index contributed by atoms with van der Waals surface area (Å²) in [6.45, 7) is 0.120. The van der Waals surface area contributed by atoms with Crippen LogP contribution in [-0.4, -0.2) is 68.2 Å². The van der Waals surface area contributed by atoms with Crippen LogP contribution in [0.25, 0.3) is 0 Å². The Hall–Kier alpha value is -2.83. The van der Waals surface area contributed by atoms with Crippen molar-refractivity contribution in [3.63, 3.8) is 0 Å². The van der Waals surface area contributed by atoms with Gasteiger partial charge in [-0.1, -0.05) is 0 Å². The first-order chi connectivity index (χ1) is 13.8. The van der Waals surface area contributed by atoms with Gasteiger partial charge in [-0.3, -0.25) is 0 Å². The minimum atomic E-state index is -3.98. The molecule has 11 nitrogen and oxygen atoms in total. The average Bonchev–Trinajstić information content (AvgIpc) is 2.76. The van der Waals surface area contributed by atoms with Crippen LogP contribution in [0.3, 0.4) is 0 Å². The molecule has 1 aromatic rings. The molecule has 0 aromatic heterocycles. The predicted molar refractivity (Wildman–Crippen MR) is 98.0 cm³/mol. The van der Waals surface area contributed by atoms with Crippen LogP contribution in [0.1, 0.15) is 0 Å². The fourth-order valence-corrected chi connectivity index (χ4v) is 3.86. The molecule has 29 heavy (non-hydrogen) atoms. The number of fused-ring (bicyclic) bond motifs is 1. The zero-order valence-electron chi connectivity index (χ0n) is 16.0. The molecule has 0 amide bonds. The number of hydrogen-bond donors (Lipinski definition) is 1. The predicted octanol–water partition coefficient (Wildman–Crippen LogP) is -0.240. The second kappa shape index (κ2) is 8.27. The largest absolute Gasteiger partial charge is 0.486 e. The van der Waals surface area contributed by atoms with Gasteiger partial charge in [0, 0.05) is 12.1 Å². The van der Waals surface area contributed by atoms with Crippen LogP contribution in [-0.2, 0) is 33.8 Å². The lowest BCUT2D eigenvalue weighted by Crippen LogP contribution is -2.40. The third-order valence-electron chi connectivity index (χ3n) is 4.31. The average molecular weight is 428 g/mol. The van der Waals surface area contributed by atoms with Crippen LogP contribution in [0.15, 0.2) is 28.3 Å². The lowest BCUT2D eigenvalue weighted by molar-refractivity contribution is -0.140. The number of esters is 2. The molecular formula is C17H20N2O9S. The minimum Gasteiger partial charge on any atom is -0.486 e. The number of nitrogens with one attached hydrogen (secondary N) is 1. The van der Waals surface area contributed by atoms with Crippen molar-refractivity contribution in [2.75, 3.05) is 52.7 Å². The smallest absolute Gasteiger partial charge is 0.355 e. The van der Waals surface area contributed by atoms with E-state index in [1.165, 1.54) is 24.1 Å². The van der Waals surface area contributed by atoms with Gasteiger partial charge in [0.05, 0.1) is 32.1 Å². The summed E-state index contributed by atoms with van der Waals surface area (Å²) in [7, 11) is -0.432. The maximum atomic E-state index is 12.7. The molecule has 2 aliphatic rings. The molecule has 158 valence electrons. The first kappa shape index (κ1) is 20.9. The lowest BCUT2D eigenvalue weighted by Gasteiger charge is -2.33.